The molecule has 0 unspecified atom stereocenters. The fourth-order valence-corrected chi connectivity index (χ4v) is 3.48. The maximum atomic E-state index is 11.0. The third-order valence-electron chi connectivity index (χ3n) is 3.93. The highest BCUT2D eigenvalue weighted by Gasteiger charge is 2.11. The van der Waals surface area contributed by atoms with Gasteiger partial charge < -0.3 is 10.1 Å². The molecular weight excluding hydrogens is 320 g/mol. The Morgan fingerprint density at radius 1 is 1.29 bits per heavy atom. The van der Waals surface area contributed by atoms with Gasteiger partial charge in [-0.1, -0.05) is 31.2 Å². The molecule has 0 saturated carbocycles. The van der Waals surface area contributed by atoms with Gasteiger partial charge in [-0.2, -0.15) is 0 Å². The van der Waals surface area contributed by atoms with Crippen LogP contribution in [0.5, 0.6) is 0 Å². The average Bonchev–Trinajstić information content (AvgIpc) is 3.03. The number of benzene rings is 1. The van der Waals surface area contributed by atoms with Crippen LogP contribution in [0.15, 0.2) is 29.6 Å². The van der Waals surface area contributed by atoms with E-state index >= 15 is 0 Å². The van der Waals surface area contributed by atoms with Crippen LogP contribution >= 0.6 is 11.3 Å². The molecule has 0 aliphatic carbocycles. The maximum absolute atomic E-state index is 11.0. The molecule has 1 N–H and O–H groups in total. The predicted molar refractivity (Wildman–Crippen MR) is 99.4 cm³/mol. The molecule has 0 aliphatic rings. The van der Waals surface area contributed by atoms with E-state index in [-0.39, 0.29) is 11.9 Å². The van der Waals surface area contributed by atoms with Crippen LogP contribution < -0.4 is 5.32 Å². The molecule has 0 aliphatic heterocycles. The number of aryl methyl sites for hydroxylation is 1. The highest BCUT2D eigenvalue weighted by molar-refractivity contribution is 7.10. The van der Waals surface area contributed by atoms with Crippen molar-refractivity contribution in [2.45, 2.75) is 45.6 Å². The normalized spacial score (nSPS) is 13.5. The van der Waals surface area contributed by atoms with E-state index in [9.17, 15) is 4.79 Å². The van der Waals surface area contributed by atoms with Crippen LogP contribution in [-0.2, 0) is 16.0 Å². The first-order valence-corrected chi connectivity index (χ1v) is 9.18. The van der Waals surface area contributed by atoms with Crippen molar-refractivity contribution in [1.82, 2.24) is 10.3 Å². The summed E-state index contributed by atoms with van der Waals surface area (Å²) in [7, 11) is 1.72. The van der Waals surface area contributed by atoms with Gasteiger partial charge in [0, 0.05) is 36.9 Å². The van der Waals surface area contributed by atoms with Gasteiger partial charge in [0.25, 0.3) is 0 Å². The number of carbonyl (C=O) groups is 1. The highest BCUT2D eigenvalue weighted by Crippen LogP contribution is 2.27. The average molecular weight is 346 g/mol. The van der Waals surface area contributed by atoms with Gasteiger partial charge in [-0.05, 0) is 25.3 Å². The Kier molecular flexibility index (Phi) is 6.94. The molecule has 2 aromatic rings. The van der Waals surface area contributed by atoms with Gasteiger partial charge in [-0.3, -0.25) is 4.79 Å². The van der Waals surface area contributed by atoms with E-state index in [0.717, 1.165) is 29.1 Å². The zero-order valence-corrected chi connectivity index (χ0v) is 15.7. The summed E-state index contributed by atoms with van der Waals surface area (Å²) in [5.41, 5.74) is 3.44. The Morgan fingerprint density at radius 2 is 2.00 bits per heavy atom. The van der Waals surface area contributed by atoms with Crippen molar-refractivity contribution >= 4 is 17.2 Å². The molecule has 24 heavy (non-hydrogen) atoms. The van der Waals surface area contributed by atoms with Crippen LogP contribution in [0.4, 0.5) is 0 Å². The molecule has 0 bridgehead atoms. The number of hydrogen-bond donors (Lipinski definition) is 1. The van der Waals surface area contributed by atoms with Crippen LogP contribution in [0.25, 0.3) is 11.3 Å². The second kappa shape index (κ2) is 8.94. The second-order valence-corrected chi connectivity index (χ2v) is 7.15. The lowest BCUT2D eigenvalue weighted by Crippen LogP contribution is -2.30. The predicted octanol–water partition coefficient (Wildman–Crippen LogP) is 4.02. The number of ether oxygens (including phenoxy) is 1. The fourth-order valence-electron chi connectivity index (χ4n) is 2.61. The first-order chi connectivity index (χ1) is 11.5. The molecule has 1 heterocycles. The molecule has 0 fully saturated rings. The van der Waals surface area contributed by atoms with E-state index in [4.69, 9.17) is 9.72 Å². The summed E-state index contributed by atoms with van der Waals surface area (Å²) in [5.74, 6) is 0.350. The first kappa shape index (κ1) is 18.6. The summed E-state index contributed by atoms with van der Waals surface area (Å²) in [6.45, 7) is 6.42. The van der Waals surface area contributed by atoms with Crippen LogP contribution in [0.3, 0.4) is 0 Å². The van der Waals surface area contributed by atoms with E-state index in [0.29, 0.717) is 12.5 Å². The summed E-state index contributed by atoms with van der Waals surface area (Å²) in [6.07, 6.45) is 1.89. The number of nitrogens with zero attached hydrogens (tertiary/aromatic N) is 1. The Morgan fingerprint density at radius 3 is 2.62 bits per heavy atom. The van der Waals surface area contributed by atoms with Crippen molar-refractivity contribution < 1.29 is 9.53 Å². The van der Waals surface area contributed by atoms with Gasteiger partial charge in [-0.25, -0.2) is 4.98 Å². The molecule has 1 aromatic heterocycles. The molecule has 0 spiro atoms. The molecule has 130 valence electrons. The molecule has 2 rings (SSSR count). The SMILES string of the molecule is COC[C@@H](C)c1nc(-c2ccc(CC[C@@H](C)NC(C)=O)cc2)cs1. The zero-order chi connectivity index (χ0) is 17.5. The largest absolute Gasteiger partial charge is 0.384 e. The monoisotopic (exact) mass is 346 g/mol. The van der Waals surface area contributed by atoms with Crippen LogP contribution in [0, 0.1) is 0 Å². The van der Waals surface area contributed by atoms with Crippen molar-refractivity contribution in [2.24, 2.45) is 0 Å². The number of methoxy groups -OCH3 is 1. The number of carbonyl (C=O) groups excluding carboxylic acids is 1. The van der Waals surface area contributed by atoms with E-state index in [2.05, 4.69) is 41.9 Å². The molecule has 0 saturated heterocycles. The van der Waals surface area contributed by atoms with Crippen LogP contribution in [0.2, 0.25) is 0 Å². The summed E-state index contributed by atoms with van der Waals surface area (Å²) in [4.78, 5) is 15.8. The smallest absolute Gasteiger partial charge is 0.217 e. The van der Waals surface area contributed by atoms with E-state index < -0.39 is 0 Å². The minimum atomic E-state index is 0.0277. The lowest BCUT2D eigenvalue weighted by molar-refractivity contribution is -0.119. The Balaban J connectivity index is 1.95. The molecule has 2 atom stereocenters. The standard InChI is InChI=1S/C19H26N2O2S/c1-13(11-23-4)19-21-18(12-24-19)17-9-7-16(8-10-17)6-5-14(2)20-15(3)22/h7-10,12-14H,5-6,11H2,1-4H3,(H,20,22)/t13-,14-/m1/s1. The number of aromatic nitrogens is 1. The van der Waals surface area contributed by atoms with Crippen molar-refractivity contribution in [3.05, 3.63) is 40.2 Å². The molecule has 1 amide bonds. The molecule has 0 radical (unpaired) electrons. The lowest BCUT2D eigenvalue weighted by Gasteiger charge is -2.12. The summed E-state index contributed by atoms with van der Waals surface area (Å²) in [6, 6.07) is 8.74. The number of rotatable bonds is 8. The van der Waals surface area contributed by atoms with Crippen molar-refractivity contribution in [3.8, 4) is 11.3 Å². The minimum absolute atomic E-state index is 0.0277. The van der Waals surface area contributed by atoms with Crippen molar-refractivity contribution in [1.29, 1.82) is 0 Å². The van der Waals surface area contributed by atoms with E-state index in [1.165, 1.54) is 5.56 Å². The van der Waals surface area contributed by atoms with Crippen molar-refractivity contribution in [3.63, 3.8) is 0 Å². The number of thiazole rings is 1. The number of nitrogens with one attached hydrogen (secondary N) is 1. The minimum Gasteiger partial charge on any atom is -0.384 e. The lowest BCUT2D eigenvalue weighted by atomic mass is 10.0. The summed E-state index contributed by atoms with van der Waals surface area (Å²) < 4.78 is 5.20. The van der Waals surface area contributed by atoms with Gasteiger partial charge in [0.05, 0.1) is 17.3 Å². The van der Waals surface area contributed by atoms with Gasteiger partial charge in [0.15, 0.2) is 0 Å². The van der Waals surface area contributed by atoms with Crippen LogP contribution in [-0.4, -0.2) is 30.6 Å². The zero-order valence-electron chi connectivity index (χ0n) is 14.8. The quantitative estimate of drug-likeness (QED) is 0.785. The number of hydrogen-bond acceptors (Lipinski definition) is 4. The van der Waals surface area contributed by atoms with Gasteiger partial charge >= 0.3 is 0 Å². The Bertz CT molecular complexity index is 652. The molecular formula is C19H26N2O2S. The van der Waals surface area contributed by atoms with E-state index in [1.807, 2.05) is 6.92 Å². The third kappa shape index (κ3) is 5.42. The molecule has 1 aromatic carbocycles. The van der Waals surface area contributed by atoms with E-state index in [1.54, 1.807) is 25.4 Å². The summed E-state index contributed by atoms with van der Waals surface area (Å²) >= 11 is 1.69. The highest BCUT2D eigenvalue weighted by atomic mass is 32.1. The van der Waals surface area contributed by atoms with Gasteiger partial charge in [0.2, 0.25) is 5.91 Å². The summed E-state index contributed by atoms with van der Waals surface area (Å²) in [5, 5.41) is 6.13. The van der Waals surface area contributed by atoms with Gasteiger partial charge in [-0.15, -0.1) is 11.3 Å². The van der Waals surface area contributed by atoms with Gasteiger partial charge in [0.1, 0.15) is 0 Å². The third-order valence-corrected chi connectivity index (χ3v) is 5.00. The Labute approximate surface area is 148 Å². The fraction of sp³-hybridized carbons (Fsp3) is 0.474. The number of amides is 1. The van der Waals surface area contributed by atoms with Crippen molar-refractivity contribution in [2.75, 3.05) is 13.7 Å². The molecule has 4 nitrogen and oxygen atoms in total. The maximum Gasteiger partial charge on any atom is 0.217 e. The topological polar surface area (TPSA) is 51.2 Å². The Hall–Kier alpha value is -1.72. The molecule has 5 heteroatoms. The first-order valence-electron chi connectivity index (χ1n) is 8.30. The second-order valence-electron chi connectivity index (χ2n) is 6.26. The van der Waals surface area contributed by atoms with Crippen LogP contribution in [0.1, 0.15) is 43.7 Å².